The maximum absolute atomic E-state index is 12.9. The van der Waals surface area contributed by atoms with Crippen LogP contribution in [0.5, 0.6) is 0 Å². The van der Waals surface area contributed by atoms with Crippen molar-refractivity contribution < 1.29 is 18.0 Å². The van der Waals surface area contributed by atoms with Gasteiger partial charge in [0.2, 0.25) is 5.91 Å². The molecule has 6 nitrogen and oxygen atoms in total. The number of alkyl halides is 3. The highest BCUT2D eigenvalue weighted by Gasteiger charge is 2.46. The van der Waals surface area contributed by atoms with Crippen LogP contribution in [-0.4, -0.2) is 41.2 Å². The number of para-hydroxylation sites is 1. The van der Waals surface area contributed by atoms with Gasteiger partial charge in [-0.05, 0) is 24.9 Å². The Labute approximate surface area is 160 Å². The molecular formula is C17H21ClF3N5O. The Balaban J connectivity index is 0.00000261. The van der Waals surface area contributed by atoms with Gasteiger partial charge in [-0.15, -0.1) is 12.4 Å². The second-order valence-corrected chi connectivity index (χ2v) is 6.76. The number of fused-ring (bicyclic) bond motifs is 1. The van der Waals surface area contributed by atoms with Gasteiger partial charge in [-0.3, -0.25) is 14.8 Å². The topological polar surface area (TPSA) is 92.9 Å². The lowest BCUT2D eigenvalue weighted by atomic mass is 9.78. The quantitative estimate of drug-likeness (QED) is 0.727. The van der Waals surface area contributed by atoms with Crippen LogP contribution in [-0.2, 0) is 10.3 Å². The Morgan fingerprint density at radius 1 is 1.37 bits per heavy atom. The van der Waals surface area contributed by atoms with Gasteiger partial charge in [-0.2, -0.15) is 13.2 Å². The number of rotatable bonds is 3. The average molecular weight is 404 g/mol. The zero-order valence-corrected chi connectivity index (χ0v) is 15.4. The van der Waals surface area contributed by atoms with Crippen molar-refractivity contribution in [3.63, 3.8) is 0 Å². The van der Waals surface area contributed by atoms with Crippen molar-refractivity contribution in [3.8, 4) is 0 Å². The van der Waals surface area contributed by atoms with Crippen molar-refractivity contribution in [2.75, 3.05) is 13.1 Å². The largest absolute Gasteiger partial charge is 0.412 e. The van der Waals surface area contributed by atoms with E-state index in [9.17, 15) is 18.0 Å². The van der Waals surface area contributed by atoms with Crippen molar-refractivity contribution >= 4 is 29.3 Å². The smallest absolute Gasteiger partial charge is 0.344 e. The SMILES string of the molecule is C[C@@H]1CNC[C@](NC(=O)[C@H](N)C(F)(F)F)(c2cccc3nccnc23)C1.Cl. The number of piperidine rings is 1. The number of nitrogens with two attached hydrogens (primary N) is 1. The summed E-state index contributed by atoms with van der Waals surface area (Å²) in [5, 5.41) is 5.75. The minimum Gasteiger partial charge on any atom is -0.344 e. The molecule has 4 N–H and O–H groups in total. The number of aromatic nitrogens is 2. The third kappa shape index (κ3) is 4.31. The van der Waals surface area contributed by atoms with Gasteiger partial charge in [0.1, 0.15) is 0 Å². The summed E-state index contributed by atoms with van der Waals surface area (Å²) in [7, 11) is 0. The first kappa shape index (κ1) is 21.3. The number of carbonyl (C=O) groups excluding carboxylic acids is 1. The van der Waals surface area contributed by atoms with Gasteiger partial charge >= 0.3 is 6.18 Å². The minimum absolute atomic E-state index is 0. The molecule has 2 heterocycles. The highest BCUT2D eigenvalue weighted by atomic mass is 35.5. The van der Waals surface area contributed by atoms with Crippen LogP contribution >= 0.6 is 12.4 Å². The van der Waals surface area contributed by atoms with E-state index in [1.54, 1.807) is 24.4 Å². The number of nitrogens with zero attached hydrogens (tertiary/aromatic N) is 2. The number of amides is 1. The van der Waals surface area contributed by atoms with Crippen LogP contribution < -0.4 is 16.4 Å². The van der Waals surface area contributed by atoms with Crippen LogP contribution in [0.1, 0.15) is 18.9 Å². The molecule has 1 aromatic carbocycles. The average Bonchev–Trinajstić information content (AvgIpc) is 2.59. The van der Waals surface area contributed by atoms with Crippen molar-refractivity contribution in [2.45, 2.75) is 31.1 Å². The molecule has 1 fully saturated rings. The summed E-state index contributed by atoms with van der Waals surface area (Å²) in [5.74, 6) is -1.12. The minimum atomic E-state index is -4.81. The molecule has 1 saturated heterocycles. The Morgan fingerprint density at radius 2 is 2.07 bits per heavy atom. The van der Waals surface area contributed by atoms with E-state index in [0.29, 0.717) is 29.6 Å². The van der Waals surface area contributed by atoms with E-state index < -0.39 is 23.7 Å². The first-order valence-corrected chi connectivity index (χ1v) is 8.28. The van der Waals surface area contributed by atoms with Gasteiger partial charge in [0.05, 0.1) is 16.6 Å². The van der Waals surface area contributed by atoms with E-state index in [4.69, 9.17) is 5.73 Å². The fourth-order valence-corrected chi connectivity index (χ4v) is 3.48. The van der Waals surface area contributed by atoms with E-state index in [2.05, 4.69) is 20.6 Å². The maximum Gasteiger partial charge on any atom is 0.412 e. The second kappa shape index (κ2) is 7.95. The van der Waals surface area contributed by atoms with Crippen molar-refractivity contribution in [1.82, 2.24) is 20.6 Å². The summed E-state index contributed by atoms with van der Waals surface area (Å²) in [6.45, 7) is 2.95. The molecule has 148 valence electrons. The molecule has 27 heavy (non-hydrogen) atoms. The lowest BCUT2D eigenvalue weighted by Gasteiger charge is -2.42. The second-order valence-electron chi connectivity index (χ2n) is 6.76. The van der Waals surface area contributed by atoms with E-state index >= 15 is 0 Å². The van der Waals surface area contributed by atoms with Crippen LogP contribution in [0.3, 0.4) is 0 Å². The van der Waals surface area contributed by atoms with Crippen molar-refractivity contribution in [2.24, 2.45) is 11.7 Å². The summed E-state index contributed by atoms with van der Waals surface area (Å²) in [4.78, 5) is 20.8. The van der Waals surface area contributed by atoms with Gasteiger partial charge in [0.25, 0.3) is 0 Å². The maximum atomic E-state index is 12.9. The van der Waals surface area contributed by atoms with E-state index in [1.165, 1.54) is 6.20 Å². The number of benzene rings is 1. The lowest BCUT2D eigenvalue weighted by molar-refractivity contribution is -0.164. The predicted molar refractivity (Wildman–Crippen MR) is 97.3 cm³/mol. The predicted octanol–water partition coefficient (Wildman–Crippen LogP) is 1.88. The molecule has 1 aliphatic heterocycles. The van der Waals surface area contributed by atoms with Gasteiger partial charge in [0, 0.05) is 24.5 Å². The highest BCUT2D eigenvalue weighted by Crippen LogP contribution is 2.35. The zero-order chi connectivity index (χ0) is 18.9. The Hall–Kier alpha value is -1.97. The van der Waals surface area contributed by atoms with E-state index in [1.807, 2.05) is 6.92 Å². The molecule has 1 amide bonds. The molecule has 0 radical (unpaired) electrons. The molecule has 0 unspecified atom stereocenters. The zero-order valence-electron chi connectivity index (χ0n) is 14.6. The fraction of sp³-hybridized carbons (Fsp3) is 0.471. The molecule has 0 bridgehead atoms. The van der Waals surface area contributed by atoms with Crippen LogP contribution in [0.25, 0.3) is 11.0 Å². The number of carbonyl (C=O) groups is 1. The molecular weight excluding hydrogens is 383 g/mol. The van der Waals surface area contributed by atoms with Gasteiger partial charge in [0.15, 0.2) is 6.04 Å². The molecule has 2 aromatic rings. The molecule has 3 atom stereocenters. The molecule has 1 aromatic heterocycles. The van der Waals surface area contributed by atoms with Crippen LogP contribution in [0, 0.1) is 5.92 Å². The summed E-state index contributed by atoms with van der Waals surface area (Å²) in [5.41, 5.74) is 5.85. The fourth-order valence-electron chi connectivity index (χ4n) is 3.48. The molecule has 3 rings (SSSR count). The Bertz CT molecular complexity index is 813. The first-order chi connectivity index (χ1) is 12.2. The van der Waals surface area contributed by atoms with Crippen LogP contribution in [0.2, 0.25) is 0 Å². The molecule has 0 saturated carbocycles. The third-order valence-electron chi connectivity index (χ3n) is 4.63. The number of hydrogen-bond acceptors (Lipinski definition) is 5. The molecule has 1 aliphatic rings. The Morgan fingerprint density at radius 3 is 2.74 bits per heavy atom. The normalized spacial score (nSPS) is 24.1. The Kier molecular flexibility index (Phi) is 6.28. The number of hydrogen-bond donors (Lipinski definition) is 3. The monoisotopic (exact) mass is 403 g/mol. The van der Waals surface area contributed by atoms with E-state index in [-0.39, 0.29) is 24.9 Å². The standard InChI is InChI=1S/C17H20F3N5O.ClH/c1-10-7-16(9-22-8-10,25-15(26)14(21)17(18,19)20)11-3-2-4-12-13(11)24-6-5-23-12;/h2-6,10,14,22H,7-9,21H2,1H3,(H,25,26);1H/t10-,14-,16-;/m0./s1. The highest BCUT2D eigenvalue weighted by molar-refractivity contribution is 5.86. The summed E-state index contributed by atoms with van der Waals surface area (Å²) >= 11 is 0. The van der Waals surface area contributed by atoms with Gasteiger partial charge < -0.3 is 16.4 Å². The lowest BCUT2D eigenvalue weighted by Crippen LogP contribution is -2.62. The van der Waals surface area contributed by atoms with E-state index in [0.717, 1.165) is 0 Å². The first-order valence-electron chi connectivity index (χ1n) is 8.28. The van der Waals surface area contributed by atoms with Gasteiger partial charge in [-0.1, -0.05) is 19.1 Å². The van der Waals surface area contributed by atoms with Crippen molar-refractivity contribution in [1.29, 1.82) is 0 Å². The number of nitrogens with one attached hydrogen (secondary N) is 2. The van der Waals surface area contributed by atoms with Crippen molar-refractivity contribution in [3.05, 3.63) is 36.2 Å². The molecule has 0 spiro atoms. The summed E-state index contributed by atoms with van der Waals surface area (Å²) in [6.07, 6.45) is -1.29. The number of halogens is 4. The molecule has 10 heteroatoms. The third-order valence-corrected chi connectivity index (χ3v) is 4.63. The van der Waals surface area contributed by atoms with Crippen LogP contribution in [0.15, 0.2) is 30.6 Å². The summed E-state index contributed by atoms with van der Waals surface area (Å²) < 4.78 is 38.7. The van der Waals surface area contributed by atoms with Crippen LogP contribution in [0.4, 0.5) is 13.2 Å². The van der Waals surface area contributed by atoms with Gasteiger partial charge in [-0.25, -0.2) is 0 Å². The molecule has 0 aliphatic carbocycles. The summed E-state index contributed by atoms with van der Waals surface area (Å²) in [6, 6.07) is 2.69.